The second-order valence-electron chi connectivity index (χ2n) is 6.39. The van der Waals surface area contributed by atoms with Gasteiger partial charge >= 0.3 is 6.18 Å². The van der Waals surface area contributed by atoms with Crippen LogP contribution in [-0.2, 0) is 20.6 Å². The number of anilines is 1. The number of nitrogens with zero attached hydrogens (tertiary/aromatic N) is 1. The number of benzene rings is 1. The zero-order valence-electron chi connectivity index (χ0n) is 13.3. The topological polar surface area (TPSA) is 66.5 Å². The van der Waals surface area contributed by atoms with Gasteiger partial charge in [-0.25, -0.2) is 0 Å². The fourth-order valence-corrected chi connectivity index (χ4v) is 3.50. The average molecular weight is 354 g/mol. The summed E-state index contributed by atoms with van der Waals surface area (Å²) in [6, 6.07) is 4.21. The predicted octanol–water partition coefficient (Wildman–Crippen LogP) is 2.82. The number of fused-ring (bicyclic) bond motifs is 1. The van der Waals surface area contributed by atoms with Crippen LogP contribution in [0.4, 0.5) is 18.9 Å². The molecule has 0 radical (unpaired) electrons. The molecule has 2 aliphatic rings. The number of halogens is 3. The highest BCUT2D eigenvalue weighted by Gasteiger charge is 2.48. The highest BCUT2D eigenvalue weighted by Crippen LogP contribution is 2.38. The van der Waals surface area contributed by atoms with Gasteiger partial charge in [-0.1, -0.05) is 18.9 Å². The second-order valence-corrected chi connectivity index (χ2v) is 6.39. The molecular formula is C17H17F3N2O3. The van der Waals surface area contributed by atoms with Crippen molar-refractivity contribution in [3.8, 4) is 0 Å². The molecular weight excluding hydrogens is 337 g/mol. The molecule has 1 aromatic carbocycles. The number of nitrogens with one attached hydrogen (secondary N) is 1. The summed E-state index contributed by atoms with van der Waals surface area (Å²) in [6.45, 7) is -0.471. The molecule has 134 valence electrons. The fourth-order valence-electron chi connectivity index (χ4n) is 3.50. The van der Waals surface area contributed by atoms with E-state index in [4.69, 9.17) is 0 Å². The van der Waals surface area contributed by atoms with Crippen LogP contribution in [0.25, 0.3) is 0 Å². The molecule has 1 N–H and O–H groups in total. The Morgan fingerprint density at radius 1 is 1.12 bits per heavy atom. The van der Waals surface area contributed by atoms with Gasteiger partial charge in [-0.05, 0) is 31.0 Å². The fraction of sp³-hybridized carbons (Fsp3) is 0.471. The summed E-state index contributed by atoms with van der Waals surface area (Å²) < 4.78 is 38.1. The van der Waals surface area contributed by atoms with Gasteiger partial charge in [0.2, 0.25) is 17.7 Å². The molecule has 0 aromatic heterocycles. The van der Waals surface area contributed by atoms with E-state index in [-0.39, 0.29) is 29.3 Å². The van der Waals surface area contributed by atoms with Gasteiger partial charge in [0.1, 0.15) is 6.54 Å². The van der Waals surface area contributed by atoms with Crippen molar-refractivity contribution in [3.63, 3.8) is 0 Å². The summed E-state index contributed by atoms with van der Waals surface area (Å²) in [7, 11) is 0. The zero-order valence-corrected chi connectivity index (χ0v) is 13.3. The Bertz CT molecular complexity index is 693. The first-order valence-corrected chi connectivity index (χ1v) is 8.09. The third-order valence-corrected chi connectivity index (χ3v) is 4.71. The standard InChI is InChI=1S/C17H17F3N2O3/c18-17(19,20)10-4-3-5-11(8-10)21-14(23)9-22-15(24)12-6-1-2-7-13(12)16(22)25/h3-5,8,12-13H,1-2,6-7,9H2,(H,21,23)/t12-,13-/m0/s1. The van der Waals surface area contributed by atoms with E-state index in [1.165, 1.54) is 12.1 Å². The van der Waals surface area contributed by atoms with Crippen molar-refractivity contribution < 1.29 is 27.6 Å². The summed E-state index contributed by atoms with van der Waals surface area (Å²) in [5, 5.41) is 2.32. The van der Waals surface area contributed by atoms with Crippen molar-refractivity contribution in [1.82, 2.24) is 4.90 Å². The first-order valence-electron chi connectivity index (χ1n) is 8.09. The van der Waals surface area contributed by atoms with Gasteiger partial charge in [0.15, 0.2) is 0 Å². The molecule has 2 atom stereocenters. The van der Waals surface area contributed by atoms with E-state index < -0.39 is 24.2 Å². The minimum Gasteiger partial charge on any atom is -0.325 e. The van der Waals surface area contributed by atoms with E-state index >= 15 is 0 Å². The van der Waals surface area contributed by atoms with Crippen LogP contribution in [0.5, 0.6) is 0 Å². The van der Waals surface area contributed by atoms with Crippen molar-refractivity contribution in [2.75, 3.05) is 11.9 Å². The molecule has 1 saturated heterocycles. The number of amides is 3. The Labute approximate surface area is 142 Å². The van der Waals surface area contributed by atoms with E-state index in [9.17, 15) is 27.6 Å². The second kappa shape index (κ2) is 6.50. The molecule has 2 fully saturated rings. The van der Waals surface area contributed by atoms with E-state index in [2.05, 4.69) is 5.32 Å². The van der Waals surface area contributed by atoms with Gasteiger partial charge in [0.05, 0.1) is 17.4 Å². The van der Waals surface area contributed by atoms with E-state index in [0.29, 0.717) is 12.8 Å². The van der Waals surface area contributed by atoms with Crippen LogP contribution >= 0.6 is 0 Å². The minimum atomic E-state index is -4.52. The Hall–Kier alpha value is -2.38. The number of likely N-dealkylation sites (tertiary alicyclic amines) is 1. The highest BCUT2D eigenvalue weighted by molar-refractivity contribution is 6.08. The molecule has 3 rings (SSSR count). The minimum absolute atomic E-state index is 0.0312. The van der Waals surface area contributed by atoms with Crippen LogP contribution in [0.2, 0.25) is 0 Å². The molecule has 1 aromatic rings. The Morgan fingerprint density at radius 2 is 1.72 bits per heavy atom. The molecule has 1 aliphatic carbocycles. The van der Waals surface area contributed by atoms with Crippen LogP contribution < -0.4 is 5.32 Å². The summed E-state index contributed by atoms with van der Waals surface area (Å²) in [5.41, 5.74) is -0.916. The van der Waals surface area contributed by atoms with E-state index in [1.54, 1.807) is 0 Å². The van der Waals surface area contributed by atoms with Gasteiger partial charge in [-0.3, -0.25) is 19.3 Å². The number of alkyl halides is 3. The first-order chi connectivity index (χ1) is 11.8. The summed E-state index contributed by atoms with van der Waals surface area (Å²) in [5.74, 6) is -2.12. The molecule has 1 saturated carbocycles. The van der Waals surface area contributed by atoms with Crippen molar-refractivity contribution in [2.45, 2.75) is 31.9 Å². The van der Waals surface area contributed by atoms with Gasteiger partial charge < -0.3 is 5.32 Å². The molecule has 1 heterocycles. The SMILES string of the molecule is O=C(CN1C(=O)[C@H]2CCCC[C@@H]2C1=O)Nc1cccc(C(F)(F)F)c1. The molecule has 1 aliphatic heterocycles. The van der Waals surface area contributed by atoms with Crippen LogP contribution in [0, 0.1) is 11.8 Å². The maximum absolute atomic E-state index is 12.7. The normalized spacial score (nSPS) is 23.6. The summed E-state index contributed by atoms with van der Waals surface area (Å²) in [4.78, 5) is 37.6. The van der Waals surface area contributed by atoms with Gasteiger partial charge in [-0.2, -0.15) is 13.2 Å². The number of imide groups is 1. The van der Waals surface area contributed by atoms with E-state index in [1.807, 2.05) is 0 Å². The zero-order chi connectivity index (χ0) is 18.2. The van der Waals surface area contributed by atoms with Crippen molar-refractivity contribution in [3.05, 3.63) is 29.8 Å². The molecule has 5 nitrogen and oxygen atoms in total. The largest absolute Gasteiger partial charge is 0.416 e. The quantitative estimate of drug-likeness (QED) is 0.849. The van der Waals surface area contributed by atoms with Gasteiger partial charge in [0, 0.05) is 5.69 Å². The number of rotatable bonds is 3. The third-order valence-electron chi connectivity index (χ3n) is 4.71. The Kier molecular flexibility index (Phi) is 4.53. The third kappa shape index (κ3) is 3.52. The van der Waals surface area contributed by atoms with Gasteiger partial charge in [0.25, 0.3) is 0 Å². The summed E-state index contributed by atoms with van der Waals surface area (Å²) >= 11 is 0. The lowest BCUT2D eigenvalue weighted by Gasteiger charge is -2.19. The van der Waals surface area contributed by atoms with Gasteiger partial charge in [-0.15, -0.1) is 0 Å². The molecule has 0 spiro atoms. The molecule has 0 bridgehead atoms. The first kappa shape index (κ1) is 17.4. The average Bonchev–Trinajstić information content (AvgIpc) is 2.80. The Balaban J connectivity index is 1.67. The van der Waals surface area contributed by atoms with E-state index in [0.717, 1.165) is 29.9 Å². The molecule has 25 heavy (non-hydrogen) atoms. The van der Waals surface area contributed by atoms with Crippen LogP contribution in [0.1, 0.15) is 31.2 Å². The maximum atomic E-state index is 12.7. The Morgan fingerprint density at radius 3 is 2.28 bits per heavy atom. The number of carbonyl (C=O) groups is 3. The highest BCUT2D eigenvalue weighted by atomic mass is 19.4. The smallest absolute Gasteiger partial charge is 0.325 e. The monoisotopic (exact) mass is 354 g/mol. The van der Waals surface area contributed by atoms with Crippen LogP contribution in [0.15, 0.2) is 24.3 Å². The van der Waals surface area contributed by atoms with Crippen LogP contribution in [0.3, 0.4) is 0 Å². The number of hydrogen-bond acceptors (Lipinski definition) is 3. The summed E-state index contributed by atoms with van der Waals surface area (Å²) in [6.07, 6.45) is -1.48. The predicted molar refractivity (Wildman–Crippen MR) is 82.2 cm³/mol. The number of carbonyl (C=O) groups excluding carboxylic acids is 3. The lowest BCUT2D eigenvalue weighted by molar-refractivity contribution is -0.142. The lowest BCUT2D eigenvalue weighted by atomic mass is 9.81. The van der Waals surface area contributed by atoms with Crippen molar-refractivity contribution in [2.24, 2.45) is 11.8 Å². The van der Waals surface area contributed by atoms with Crippen LogP contribution in [-0.4, -0.2) is 29.2 Å². The lowest BCUT2D eigenvalue weighted by Crippen LogP contribution is -2.38. The van der Waals surface area contributed by atoms with Crippen molar-refractivity contribution in [1.29, 1.82) is 0 Å². The number of hydrogen-bond donors (Lipinski definition) is 1. The maximum Gasteiger partial charge on any atom is 0.416 e. The molecule has 0 unspecified atom stereocenters. The van der Waals surface area contributed by atoms with Crippen molar-refractivity contribution >= 4 is 23.4 Å². The molecule has 3 amide bonds. The molecule has 8 heteroatoms.